The van der Waals surface area contributed by atoms with Gasteiger partial charge in [0.1, 0.15) is 0 Å². The summed E-state index contributed by atoms with van der Waals surface area (Å²) in [7, 11) is 0. The van der Waals surface area contributed by atoms with Crippen LogP contribution in [0.5, 0.6) is 0 Å². The van der Waals surface area contributed by atoms with Crippen LogP contribution in [0.1, 0.15) is 66.9 Å². The van der Waals surface area contributed by atoms with Gasteiger partial charge < -0.3 is 4.57 Å². The number of thioether (sulfide) groups is 1. The van der Waals surface area contributed by atoms with Crippen molar-refractivity contribution in [2.45, 2.75) is 77.3 Å². The molecule has 8 heteroatoms. The van der Waals surface area contributed by atoms with E-state index in [0.717, 1.165) is 27.7 Å². The molecular weight excluding hydrogens is 460 g/mol. The van der Waals surface area contributed by atoms with Crippen molar-refractivity contribution < 1.29 is 4.79 Å². The minimum absolute atomic E-state index is 0.101. The zero-order valence-corrected chi connectivity index (χ0v) is 21.6. The van der Waals surface area contributed by atoms with Gasteiger partial charge in [-0.15, -0.1) is 11.3 Å². The number of carbonyl (C=O) groups excluding carboxylic acids is 1. The highest BCUT2D eigenvalue weighted by Crippen LogP contribution is 2.39. The van der Waals surface area contributed by atoms with Gasteiger partial charge in [0, 0.05) is 29.8 Å². The lowest BCUT2D eigenvalue weighted by Crippen LogP contribution is -2.24. The molecule has 0 unspecified atom stereocenters. The van der Waals surface area contributed by atoms with Crippen LogP contribution in [-0.2, 0) is 10.5 Å². The largest absolute Gasteiger partial charge is 0.320 e. The third-order valence-corrected chi connectivity index (χ3v) is 8.21. The highest BCUT2D eigenvalue weighted by atomic mass is 35.5. The van der Waals surface area contributed by atoms with E-state index < -0.39 is 0 Å². The van der Waals surface area contributed by atoms with E-state index >= 15 is 0 Å². The summed E-state index contributed by atoms with van der Waals surface area (Å²) in [5.41, 5.74) is 6.05. The molecule has 2 aromatic heterocycles. The molecule has 0 N–H and O–H groups in total. The maximum Gasteiger partial charge on any atom is 0.230 e. The Hall–Kier alpha value is -1.83. The van der Waals surface area contributed by atoms with E-state index in [9.17, 15) is 4.79 Å². The normalized spacial score (nSPS) is 14.3. The third kappa shape index (κ3) is 4.61. The van der Waals surface area contributed by atoms with Gasteiger partial charge in [-0.1, -0.05) is 42.3 Å². The number of rotatable bonds is 6. The number of hydrogen-bond acceptors (Lipinski definition) is 5. The molecule has 0 aliphatic heterocycles. The van der Waals surface area contributed by atoms with Gasteiger partial charge in [0.05, 0.1) is 22.1 Å². The molecule has 1 fully saturated rings. The first-order valence-electron chi connectivity index (χ1n) is 11.0. The van der Waals surface area contributed by atoms with Gasteiger partial charge in [-0.2, -0.15) is 0 Å². The third-order valence-electron chi connectivity index (χ3n) is 6.06. The molecule has 1 amide bonds. The van der Waals surface area contributed by atoms with E-state index in [2.05, 4.69) is 18.4 Å². The fourth-order valence-electron chi connectivity index (χ4n) is 4.47. The first-order chi connectivity index (χ1) is 15.3. The summed E-state index contributed by atoms with van der Waals surface area (Å²) in [6.45, 7) is 9.78. The van der Waals surface area contributed by atoms with Gasteiger partial charge in [0.2, 0.25) is 5.91 Å². The van der Waals surface area contributed by atoms with E-state index in [4.69, 9.17) is 21.6 Å². The van der Waals surface area contributed by atoms with Gasteiger partial charge in [-0.05, 0) is 57.7 Å². The lowest BCUT2D eigenvalue weighted by Gasteiger charge is -2.22. The minimum atomic E-state index is -0.101. The second-order valence-electron chi connectivity index (χ2n) is 8.55. The number of benzene rings is 1. The van der Waals surface area contributed by atoms with Gasteiger partial charge in [-0.3, -0.25) is 9.69 Å². The van der Waals surface area contributed by atoms with Crippen LogP contribution in [0.3, 0.4) is 0 Å². The Kier molecular flexibility index (Phi) is 6.98. The first kappa shape index (κ1) is 23.3. The maximum absolute atomic E-state index is 12.6. The number of halogens is 1. The van der Waals surface area contributed by atoms with E-state index in [0.29, 0.717) is 27.6 Å². The summed E-state index contributed by atoms with van der Waals surface area (Å²) in [6, 6.07) is 4.48. The Balaban J connectivity index is 1.57. The SMILES string of the molecule is CC(=O)N(c1nc(CSc2nc(C)c(C)n2C2CCCC2)cs1)c1c(C)cc(C)cc1Cl. The van der Waals surface area contributed by atoms with E-state index in [1.54, 1.807) is 23.6 Å². The number of nitrogens with zero attached hydrogens (tertiary/aromatic N) is 4. The topological polar surface area (TPSA) is 51.0 Å². The number of aromatic nitrogens is 3. The van der Waals surface area contributed by atoms with Crippen LogP contribution < -0.4 is 4.90 Å². The molecule has 5 nitrogen and oxygen atoms in total. The number of aryl methyl sites for hydroxylation is 3. The Morgan fingerprint density at radius 1 is 1.22 bits per heavy atom. The first-order valence-corrected chi connectivity index (χ1v) is 13.2. The quantitative estimate of drug-likeness (QED) is 0.341. The summed E-state index contributed by atoms with van der Waals surface area (Å²) in [5, 5.41) is 4.31. The van der Waals surface area contributed by atoms with Crippen LogP contribution >= 0.6 is 34.7 Å². The van der Waals surface area contributed by atoms with Crippen molar-refractivity contribution in [1.82, 2.24) is 14.5 Å². The second-order valence-corrected chi connectivity index (χ2v) is 10.7. The Morgan fingerprint density at radius 3 is 2.59 bits per heavy atom. The van der Waals surface area contributed by atoms with Gasteiger partial charge in [0.15, 0.2) is 10.3 Å². The summed E-state index contributed by atoms with van der Waals surface area (Å²) >= 11 is 9.73. The van der Waals surface area contributed by atoms with Gasteiger partial charge >= 0.3 is 0 Å². The summed E-state index contributed by atoms with van der Waals surface area (Å²) in [4.78, 5) is 23.8. The summed E-state index contributed by atoms with van der Waals surface area (Å²) in [5.74, 6) is 0.612. The van der Waals surface area contributed by atoms with Crippen molar-refractivity contribution in [2.75, 3.05) is 4.90 Å². The predicted octanol–water partition coefficient (Wildman–Crippen LogP) is 7.32. The Bertz CT molecular complexity index is 1120. The lowest BCUT2D eigenvalue weighted by molar-refractivity contribution is -0.115. The predicted molar refractivity (Wildman–Crippen MR) is 135 cm³/mol. The molecule has 0 bridgehead atoms. The summed E-state index contributed by atoms with van der Waals surface area (Å²) < 4.78 is 2.43. The van der Waals surface area contributed by atoms with Gasteiger partial charge in [0.25, 0.3) is 0 Å². The molecule has 0 atom stereocenters. The molecule has 1 saturated carbocycles. The van der Waals surface area contributed by atoms with E-state index in [1.807, 2.05) is 31.4 Å². The smallest absolute Gasteiger partial charge is 0.230 e. The number of imidazole rings is 1. The van der Waals surface area contributed by atoms with E-state index in [1.165, 1.54) is 42.7 Å². The fourth-order valence-corrected chi connectivity index (χ4v) is 6.91. The minimum Gasteiger partial charge on any atom is -0.320 e. The monoisotopic (exact) mass is 488 g/mol. The van der Waals surface area contributed by atoms with Crippen LogP contribution in [0.25, 0.3) is 0 Å². The zero-order chi connectivity index (χ0) is 23.0. The number of anilines is 2. The zero-order valence-electron chi connectivity index (χ0n) is 19.2. The Morgan fingerprint density at radius 2 is 1.94 bits per heavy atom. The lowest BCUT2D eigenvalue weighted by atomic mass is 10.1. The average molecular weight is 489 g/mol. The molecule has 1 aliphatic rings. The number of hydrogen-bond donors (Lipinski definition) is 0. The highest BCUT2D eigenvalue weighted by Gasteiger charge is 2.25. The molecular formula is C24H29ClN4OS2. The van der Waals surface area contributed by atoms with Crippen LogP contribution in [0, 0.1) is 27.7 Å². The summed E-state index contributed by atoms with van der Waals surface area (Å²) in [6.07, 6.45) is 5.05. The number of carbonyl (C=O) groups is 1. The van der Waals surface area contributed by atoms with Crippen molar-refractivity contribution >= 4 is 51.4 Å². The van der Waals surface area contributed by atoms with Crippen LogP contribution in [0.4, 0.5) is 10.8 Å². The highest BCUT2D eigenvalue weighted by molar-refractivity contribution is 7.98. The van der Waals surface area contributed by atoms with Crippen LogP contribution in [0.15, 0.2) is 22.7 Å². The molecule has 3 aromatic rings. The fraction of sp³-hybridized carbons (Fsp3) is 0.458. The molecule has 0 saturated heterocycles. The molecule has 170 valence electrons. The number of thiazole rings is 1. The standard InChI is InChI=1S/C24H29ClN4OS2/c1-14-10-15(2)22(21(25)11-14)29(18(5)30)24-27-19(13-32-24)12-31-23-26-16(3)17(4)28(23)20-8-6-7-9-20/h10-11,13,20H,6-9,12H2,1-5H3. The van der Waals surface area contributed by atoms with Crippen LogP contribution in [-0.4, -0.2) is 20.4 Å². The van der Waals surface area contributed by atoms with Crippen molar-refractivity contribution in [3.63, 3.8) is 0 Å². The molecule has 1 aromatic carbocycles. The molecule has 2 heterocycles. The maximum atomic E-state index is 12.6. The molecule has 0 spiro atoms. The molecule has 32 heavy (non-hydrogen) atoms. The van der Waals surface area contributed by atoms with Crippen molar-refractivity contribution in [3.05, 3.63) is 50.7 Å². The number of amides is 1. The van der Waals surface area contributed by atoms with E-state index in [-0.39, 0.29) is 5.91 Å². The molecule has 4 rings (SSSR count). The van der Waals surface area contributed by atoms with Crippen molar-refractivity contribution in [1.29, 1.82) is 0 Å². The second kappa shape index (κ2) is 9.57. The molecule has 0 radical (unpaired) electrons. The average Bonchev–Trinajstić information content (AvgIpc) is 3.44. The van der Waals surface area contributed by atoms with Crippen molar-refractivity contribution in [3.8, 4) is 0 Å². The Labute approximate surface area is 203 Å². The molecule has 1 aliphatic carbocycles. The van der Waals surface area contributed by atoms with Crippen molar-refractivity contribution in [2.24, 2.45) is 0 Å². The van der Waals surface area contributed by atoms with Crippen LogP contribution in [0.2, 0.25) is 5.02 Å². The van der Waals surface area contributed by atoms with Gasteiger partial charge in [-0.25, -0.2) is 9.97 Å².